The van der Waals surface area contributed by atoms with E-state index >= 15 is 0 Å². The Morgan fingerprint density at radius 1 is 1.13 bits per heavy atom. The molecule has 2 fully saturated rings. The van der Waals surface area contributed by atoms with Crippen molar-refractivity contribution >= 4 is 5.97 Å². The second-order valence-corrected chi connectivity index (χ2v) is 5.05. The molecule has 0 bridgehead atoms. The number of nitrogens with zero attached hydrogens (tertiary/aromatic N) is 1. The van der Waals surface area contributed by atoms with E-state index in [1.54, 1.807) is 0 Å². The van der Waals surface area contributed by atoms with Crippen molar-refractivity contribution in [3.8, 4) is 0 Å². The highest BCUT2D eigenvalue weighted by Gasteiger charge is 2.38. The molecule has 2 rings (SSSR count). The molecule has 2 aliphatic rings. The SMILES string of the molecule is CN(C1CC1)C1CCCCCC1C(=O)O. The highest BCUT2D eigenvalue weighted by atomic mass is 16.4. The molecule has 2 atom stereocenters. The number of carboxylic acids is 1. The molecule has 3 heteroatoms. The fraction of sp³-hybridized carbons (Fsp3) is 0.917. The van der Waals surface area contributed by atoms with Gasteiger partial charge in [0.05, 0.1) is 5.92 Å². The van der Waals surface area contributed by atoms with E-state index in [2.05, 4.69) is 11.9 Å². The summed E-state index contributed by atoms with van der Waals surface area (Å²) >= 11 is 0. The summed E-state index contributed by atoms with van der Waals surface area (Å²) in [6.45, 7) is 0. The summed E-state index contributed by atoms with van der Waals surface area (Å²) in [7, 11) is 2.11. The molecule has 0 heterocycles. The molecule has 2 saturated carbocycles. The largest absolute Gasteiger partial charge is 0.481 e. The molecule has 2 unspecified atom stereocenters. The Balaban J connectivity index is 2.04. The first-order valence-corrected chi connectivity index (χ1v) is 6.15. The van der Waals surface area contributed by atoms with E-state index in [1.807, 2.05) is 0 Å². The van der Waals surface area contributed by atoms with Gasteiger partial charge in [0, 0.05) is 12.1 Å². The molecule has 0 aliphatic heterocycles. The lowest BCUT2D eigenvalue weighted by Gasteiger charge is -2.31. The third-order valence-electron chi connectivity index (χ3n) is 3.94. The average molecular weight is 211 g/mol. The van der Waals surface area contributed by atoms with Crippen molar-refractivity contribution in [3.63, 3.8) is 0 Å². The quantitative estimate of drug-likeness (QED) is 0.727. The number of carboxylic acid groups (broad SMARTS) is 1. The summed E-state index contributed by atoms with van der Waals surface area (Å²) < 4.78 is 0. The molecule has 15 heavy (non-hydrogen) atoms. The van der Waals surface area contributed by atoms with Gasteiger partial charge in [0.2, 0.25) is 0 Å². The third-order valence-corrected chi connectivity index (χ3v) is 3.94. The van der Waals surface area contributed by atoms with Crippen molar-refractivity contribution in [3.05, 3.63) is 0 Å². The van der Waals surface area contributed by atoms with Gasteiger partial charge in [-0.2, -0.15) is 0 Å². The van der Waals surface area contributed by atoms with Gasteiger partial charge in [-0.1, -0.05) is 19.3 Å². The number of rotatable bonds is 3. The van der Waals surface area contributed by atoms with Gasteiger partial charge < -0.3 is 5.11 Å². The minimum Gasteiger partial charge on any atom is -0.481 e. The van der Waals surface area contributed by atoms with Crippen LogP contribution in [0.4, 0.5) is 0 Å². The molecule has 1 N–H and O–H groups in total. The summed E-state index contributed by atoms with van der Waals surface area (Å²) in [6.07, 6.45) is 7.97. The first kappa shape index (κ1) is 10.9. The zero-order valence-electron chi connectivity index (χ0n) is 9.48. The Labute approximate surface area is 91.5 Å². The minimum atomic E-state index is -0.589. The van der Waals surface area contributed by atoms with Crippen LogP contribution in [-0.4, -0.2) is 35.1 Å². The standard InChI is InChI=1S/C12H21NO2/c1-13(9-7-8-9)11-6-4-2-3-5-10(11)12(14)15/h9-11H,2-8H2,1H3,(H,14,15). The lowest BCUT2D eigenvalue weighted by atomic mass is 9.93. The van der Waals surface area contributed by atoms with Crippen LogP contribution in [0.1, 0.15) is 44.9 Å². The van der Waals surface area contributed by atoms with Crippen molar-refractivity contribution < 1.29 is 9.90 Å². The van der Waals surface area contributed by atoms with Crippen LogP contribution in [0, 0.1) is 5.92 Å². The summed E-state index contributed by atoms with van der Waals surface area (Å²) in [5, 5.41) is 9.26. The van der Waals surface area contributed by atoms with Crippen molar-refractivity contribution in [2.45, 2.75) is 57.0 Å². The zero-order valence-corrected chi connectivity index (χ0v) is 9.48. The van der Waals surface area contributed by atoms with Gasteiger partial charge in [-0.15, -0.1) is 0 Å². The van der Waals surface area contributed by atoms with Crippen LogP contribution in [0.25, 0.3) is 0 Å². The van der Waals surface area contributed by atoms with Crippen LogP contribution >= 0.6 is 0 Å². The molecule has 0 amide bonds. The maximum absolute atomic E-state index is 11.2. The van der Waals surface area contributed by atoms with Gasteiger partial charge in [0.25, 0.3) is 0 Å². The van der Waals surface area contributed by atoms with Crippen LogP contribution < -0.4 is 0 Å². The van der Waals surface area contributed by atoms with Crippen LogP contribution in [0.2, 0.25) is 0 Å². The van der Waals surface area contributed by atoms with Crippen molar-refractivity contribution in [2.24, 2.45) is 5.92 Å². The molecule has 0 aromatic carbocycles. The predicted octanol–water partition coefficient (Wildman–Crippen LogP) is 2.11. The maximum Gasteiger partial charge on any atom is 0.308 e. The second kappa shape index (κ2) is 4.52. The predicted molar refractivity (Wildman–Crippen MR) is 58.8 cm³/mol. The van der Waals surface area contributed by atoms with E-state index < -0.39 is 5.97 Å². The number of hydrogen-bond acceptors (Lipinski definition) is 2. The highest BCUT2D eigenvalue weighted by Crippen LogP contribution is 2.34. The first-order valence-electron chi connectivity index (χ1n) is 6.15. The summed E-state index contributed by atoms with van der Waals surface area (Å²) in [4.78, 5) is 13.6. The smallest absolute Gasteiger partial charge is 0.308 e. The molecule has 3 nitrogen and oxygen atoms in total. The summed E-state index contributed by atoms with van der Waals surface area (Å²) in [5.74, 6) is -0.715. The fourth-order valence-electron chi connectivity index (χ4n) is 2.82. The molecule has 86 valence electrons. The second-order valence-electron chi connectivity index (χ2n) is 5.05. The van der Waals surface area contributed by atoms with E-state index in [0.717, 1.165) is 19.3 Å². The van der Waals surface area contributed by atoms with Gasteiger partial charge in [0.1, 0.15) is 0 Å². The average Bonchev–Trinajstić information content (AvgIpc) is 3.03. The van der Waals surface area contributed by atoms with Crippen molar-refractivity contribution in [1.29, 1.82) is 0 Å². The highest BCUT2D eigenvalue weighted by molar-refractivity contribution is 5.71. The first-order chi connectivity index (χ1) is 7.20. The molecule has 0 saturated heterocycles. The Morgan fingerprint density at radius 3 is 2.40 bits per heavy atom. The van der Waals surface area contributed by atoms with Crippen LogP contribution in [-0.2, 0) is 4.79 Å². The number of hydrogen-bond donors (Lipinski definition) is 1. The van der Waals surface area contributed by atoms with Gasteiger partial charge in [-0.25, -0.2) is 0 Å². The van der Waals surface area contributed by atoms with Crippen LogP contribution in [0.15, 0.2) is 0 Å². The molecular formula is C12H21NO2. The number of aliphatic carboxylic acids is 1. The Morgan fingerprint density at radius 2 is 1.80 bits per heavy atom. The monoisotopic (exact) mass is 211 g/mol. The molecule has 0 aromatic heterocycles. The molecule has 0 spiro atoms. The normalized spacial score (nSPS) is 32.7. The lowest BCUT2D eigenvalue weighted by molar-refractivity contribution is -0.144. The van der Waals surface area contributed by atoms with E-state index in [9.17, 15) is 9.90 Å². The molecular weight excluding hydrogens is 190 g/mol. The van der Waals surface area contributed by atoms with Gasteiger partial charge >= 0.3 is 5.97 Å². The topological polar surface area (TPSA) is 40.5 Å². The van der Waals surface area contributed by atoms with E-state index in [0.29, 0.717) is 6.04 Å². The molecule has 0 radical (unpaired) electrons. The van der Waals surface area contributed by atoms with Gasteiger partial charge in [-0.3, -0.25) is 9.69 Å². The van der Waals surface area contributed by atoms with Crippen LogP contribution in [0.3, 0.4) is 0 Å². The third kappa shape index (κ3) is 2.51. The van der Waals surface area contributed by atoms with Crippen molar-refractivity contribution in [2.75, 3.05) is 7.05 Å². The van der Waals surface area contributed by atoms with Gasteiger partial charge in [0.15, 0.2) is 0 Å². The van der Waals surface area contributed by atoms with Crippen LogP contribution in [0.5, 0.6) is 0 Å². The maximum atomic E-state index is 11.2. The summed E-state index contributed by atoms with van der Waals surface area (Å²) in [5.41, 5.74) is 0. The molecule has 0 aromatic rings. The Bertz CT molecular complexity index is 238. The lowest BCUT2D eigenvalue weighted by Crippen LogP contribution is -2.42. The van der Waals surface area contributed by atoms with E-state index in [-0.39, 0.29) is 12.0 Å². The van der Waals surface area contributed by atoms with Crippen molar-refractivity contribution in [1.82, 2.24) is 4.90 Å². The fourth-order valence-corrected chi connectivity index (χ4v) is 2.82. The molecule has 2 aliphatic carbocycles. The van der Waals surface area contributed by atoms with E-state index in [4.69, 9.17) is 0 Å². The minimum absolute atomic E-state index is 0.127. The van der Waals surface area contributed by atoms with Gasteiger partial charge in [-0.05, 0) is 32.7 Å². The number of carbonyl (C=O) groups is 1. The Kier molecular flexibility index (Phi) is 3.29. The zero-order chi connectivity index (χ0) is 10.8. The van der Waals surface area contributed by atoms with E-state index in [1.165, 1.54) is 25.7 Å². The summed E-state index contributed by atoms with van der Waals surface area (Å²) in [6, 6.07) is 0.965. The Hall–Kier alpha value is -0.570.